The summed E-state index contributed by atoms with van der Waals surface area (Å²) in [6.45, 7) is 0. The van der Waals surface area contributed by atoms with E-state index in [1.807, 2.05) is 24.3 Å². The molecule has 0 amide bonds. The number of hydrogen-bond acceptors (Lipinski definition) is 7. The lowest BCUT2D eigenvalue weighted by Gasteiger charge is -2.09. The number of nitrogen functional groups attached to an aromatic ring is 1. The first-order valence-corrected chi connectivity index (χ1v) is 6.82. The predicted molar refractivity (Wildman–Crippen MR) is 83.2 cm³/mol. The number of rotatable bonds is 3. The van der Waals surface area contributed by atoms with Gasteiger partial charge in [0.05, 0.1) is 11.7 Å². The molecule has 23 heavy (non-hydrogen) atoms. The molecule has 8 heteroatoms. The lowest BCUT2D eigenvalue weighted by atomic mass is 10.3. The van der Waals surface area contributed by atoms with Crippen LogP contribution in [0, 0.1) is 0 Å². The molecule has 4 rings (SSSR count). The van der Waals surface area contributed by atoms with Gasteiger partial charge in [-0.05, 0) is 24.3 Å². The number of hydrogen-bond donors (Lipinski definition) is 1. The summed E-state index contributed by atoms with van der Waals surface area (Å²) in [6, 6.07) is 11.1. The summed E-state index contributed by atoms with van der Waals surface area (Å²) in [6.07, 6.45) is 4.60. The maximum absolute atomic E-state index is 6.15. The van der Waals surface area contributed by atoms with Crippen LogP contribution in [0.5, 0.6) is 11.6 Å². The van der Waals surface area contributed by atoms with E-state index < -0.39 is 0 Å². The first-order chi connectivity index (χ1) is 11.3. The average Bonchev–Trinajstić information content (AvgIpc) is 3.02. The number of ether oxygens (including phenoxy) is 1. The molecular formula is C15H11N7O. The molecule has 2 N–H and O–H groups in total. The van der Waals surface area contributed by atoms with Crippen LogP contribution in [0.4, 0.5) is 5.69 Å². The van der Waals surface area contributed by atoms with Crippen molar-refractivity contribution >= 4 is 16.7 Å². The Balaban J connectivity index is 1.80. The largest absolute Gasteiger partial charge is 0.435 e. The van der Waals surface area contributed by atoms with Gasteiger partial charge in [0.1, 0.15) is 23.3 Å². The Hall–Kier alpha value is -3.55. The SMILES string of the molecule is Nc1c(Oc2cccnc2)ncnc1-n1nnc2ccccc21. The molecule has 0 unspecified atom stereocenters. The third-order valence-electron chi connectivity index (χ3n) is 3.23. The normalized spacial score (nSPS) is 10.8. The van der Waals surface area contributed by atoms with Gasteiger partial charge in [-0.2, -0.15) is 9.67 Å². The number of aromatic nitrogens is 6. The zero-order valence-electron chi connectivity index (χ0n) is 11.9. The first-order valence-electron chi connectivity index (χ1n) is 6.82. The fourth-order valence-corrected chi connectivity index (χ4v) is 2.17. The maximum Gasteiger partial charge on any atom is 0.248 e. The van der Waals surface area contributed by atoms with E-state index in [9.17, 15) is 0 Å². The van der Waals surface area contributed by atoms with Crippen molar-refractivity contribution in [2.75, 3.05) is 5.73 Å². The van der Waals surface area contributed by atoms with E-state index >= 15 is 0 Å². The molecule has 0 saturated heterocycles. The Kier molecular flexibility index (Phi) is 3.05. The van der Waals surface area contributed by atoms with Crippen LogP contribution in [0.15, 0.2) is 55.1 Å². The molecule has 0 aliphatic heterocycles. The molecule has 0 atom stereocenters. The number of fused-ring (bicyclic) bond motifs is 1. The van der Waals surface area contributed by atoms with E-state index in [4.69, 9.17) is 10.5 Å². The summed E-state index contributed by atoms with van der Waals surface area (Å²) in [5.74, 6) is 1.18. The smallest absolute Gasteiger partial charge is 0.248 e. The van der Waals surface area contributed by atoms with Crippen molar-refractivity contribution in [3.8, 4) is 17.4 Å². The van der Waals surface area contributed by atoms with Gasteiger partial charge in [-0.3, -0.25) is 4.98 Å². The Morgan fingerprint density at radius 1 is 1.04 bits per heavy atom. The van der Waals surface area contributed by atoms with Gasteiger partial charge in [-0.15, -0.1) is 5.10 Å². The van der Waals surface area contributed by atoms with Gasteiger partial charge in [0, 0.05) is 6.20 Å². The second-order valence-corrected chi connectivity index (χ2v) is 4.70. The van der Waals surface area contributed by atoms with Crippen LogP contribution in [-0.4, -0.2) is 29.9 Å². The molecule has 0 spiro atoms. The molecule has 8 nitrogen and oxygen atoms in total. The molecule has 0 saturated carbocycles. The fraction of sp³-hybridized carbons (Fsp3) is 0. The molecule has 0 bridgehead atoms. The maximum atomic E-state index is 6.15. The van der Waals surface area contributed by atoms with E-state index in [0.29, 0.717) is 11.6 Å². The standard InChI is InChI=1S/C15H11N7O/c16-13-14(22-12-6-2-1-5-11(12)20-21-22)18-9-19-15(13)23-10-4-3-7-17-8-10/h1-9H,16H2. The van der Waals surface area contributed by atoms with Gasteiger partial charge in [-0.25, -0.2) is 4.98 Å². The lowest BCUT2D eigenvalue weighted by molar-refractivity contribution is 0.461. The van der Waals surface area contributed by atoms with Gasteiger partial charge in [-0.1, -0.05) is 17.3 Å². The Bertz CT molecular complexity index is 968. The number of pyridine rings is 1. The van der Waals surface area contributed by atoms with Gasteiger partial charge in [0.25, 0.3) is 0 Å². The zero-order chi connectivity index (χ0) is 15.6. The summed E-state index contributed by atoms with van der Waals surface area (Å²) < 4.78 is 7.22. The van der Waals surface area contributed by atoms with Crippen LogP contribution in [0.2, 0.25) is 0 Å². The van der Waals surface area contributed by atoms with E-state index in [1.54, 1.807) is 29.2 Å². The third kappa shape index (κ3) is 2.31. The minimum Gasteiger partial charge on any atom is -0.435 e. The molecule has 0 radical (unpaired) electrons. The van der Waals surface area contributed by atoms with Crippen molar-refractivity contribution in [1.29, 1.82) is 0 Å². The highest BCUT2D eigenvalue weighted by molar-refractivity contribution is 5.77. The third-order valence-corrected chi connectivity index (χ3v) is 3.23. The van der Waals surface area contributed by atoms with Crippen LogP contribution in [0.1, 0.15) is 0 Å². The van der Waals surface area contributed by atoms with E-state index in [1.165, 1.54) is 6.33 Å². The number of nitrogens with two attached hydrogens (primary N) is 1. The van der Waals surface area contributed by atoms with E-state index in [-0.39, 0.29) is 11.6 Å². The summed E-state index contributed by atoms with van der Waals surface area (Å²) in [7, 11) is 0. The number of nitrogens with zero attached hydrogens (tertiary/aromatic N) is 6. The summed E-state index contributed by atoms with van der Waals surface area (Å²) >= 11 is 0. The first kappa shape index (κ1) is 13.1. The average molecular weight is 305 g/mol. The monoisotopic (exact) mass is 305 g/mol. The predicted octanol–water partition coefficient (Wildman–Crippen LogP) is 1.98. The van der Waals surface area contributed by atoms with Gasteiger partial charge in [0.2, 0.25) is 5.88 Å². The van der Waals surface area contributed by atoms with Crippen molar-refractivity contribution in [1.82, 2.24) is 29.9 Å². The minimum atomic E-state index is 0.239. The van der Waals surface area contributed by atoms with Crippen molar-refractivity contribution < 1.29 is 4.74 Å². The minimum absolute atomic E-state index is 0.239. The summed E-state index contributed by atoms with van der Waals surface area (Å²) in [5, 5.41) is 8.20. The highest BCUT2D eigenvalue weighted by Gasteiger charge is 2.15. The molecule has 112 valence electrons. The van der Waals surface area contributed by atoms with Crippen LogP contribution >= 0.6 is 0 Å². The zero-order valence-corrected chi connectivity index (χ0v) is 11.9. The van der Waals surface area contributed by atoms with Gasteiger partial charge < -0.3 is 10.5 Å². The molecule has 4 aromatic rings. The van der Waals surface area contributed by atoms with E-state index in [0.717, 1.165) is 11.0 Å². The molecule has 1 aromatic carbocycles. The molecule has 0 aliphatic carbocycles. The fourth-order valence-electron chi connectivity index (χ4n) is 2.17. The Morgan fingerprint density at radius 3 is 2.83 bits per heavy atom. The summed E-state index contributed by atoms with van der Waals surface area (Å²) in [5.41, 5.74) is 7.97. The number of para-hydroxylation sites is 1. The molecule has 0 fully saturated rings. The molecule has 0 aliphatic rings. The number of benzene rings is 1. The van der Waals surface area contributed by atoms with E-state index in [2.05, 4.69) is 25.3 Å². The van der Waals surface area contributed by atoms with Crippen LogP contribution in [0.3, 0.4) is 0 Å². The van der Waals surface area contributed by atoms with Gasteiger partial charge in [0.15, 0.2) is 5.82 Å². The highest BCUT2D eigenvalue weighted by atomic mass is 16.5. The topological polar surface area (TPSA) is 105 Å². The van der Waals surface area contributed by atoms with Crippen LogP contribution in [0.25, 0.3) is 16.9 Å². The number of anilines is 1. The lowest BCUT2D eigenvalue weighted by Crippen LogP contribution is -2.07. The highest BCUT2D eigenvalue weighted by Crippen LogP contribution is 2.28. The Labute approximate surface area is 130 Å². The van der Waals surface area contributed by atoms with Crippen molar-refractivity contribution in [2.24, 2.45) is 0 Å². The quantitative estimate of drug-likeness (QED) is 0.617. The Morgan fingerprint density at radius 2 is 1.96 bits per heavy atom. The molecule has 3 heterocycles. The van der Waals surface area contributed by atoms with Crippen LogP contribution in [-0.2, 0) is 0 Å². The van der Waals surface area contributed by atoms with Crippen molar-refractivity contribution in [2.45, 2.75) is 0 Å². The second kappa shape index (κ2) is 5.34. The summed E-state index contributed by atoms with van der Waals surface area (Å²) in [4.78, 5) is 12.3. The van der Waals surface area contributed by atoms with Crippen molar-refractivity contribution in [3.05, 3.63) is 55.1 Å². The molecule has 3 aromatic heterocycles. The second-order valence-electron chi connectivity index (χ2n) is 4.70. The van der Waals surface area contributed by atoms with Gasteiger partial charge >= 0.3 is 0 Å². The van der Waals surface area contributed by atoms with Crippen molar-refractivity contribution in [3.63, 3.8) is 0 Å². The van der Waals surface area contributed by atoms with Crippen LogP contribution < -0.4 is 10.5 Å². The molecular weight excluding hydrogens is 294 g/mol.